The summed E-state index contributed by atoms with van der Waals surface area (Å²) in [6, 6.07) is 7.55. The van der Waals surface area contributed by atoms with Gasteiger partial charge in [0, 0.05) is 33.1 Å². The van der Waals surface area contributed by atoms with Gasteiger partial charge in [-0.3, -0.25) is 0 Å². The fourth-order valence-corrected chi connectivity index (χ4v) is 4.00. The Morgan fingerprint density at radius 3 is 2.26 bits per heavy atom. The van der Waals surface area contributed by atoms with Crippen LogP contribution in [0.2, 0.25) is 0 Å². The van der Waals surface area contributed by atoms with Crippen LogP contribution in [0.3, 0.4) is 0 Å². The van der Waals surface area contributed by atoms with Gasteiger partial charge in [-0.25, -0.2) is 8.42 Å². The lowest BCUT2D eigenvalue weighted by Gasteiger charge is -2.32. The first kappa shape index (κ1) is 15.9. The van der Waals surface area contributed by atoms with Crippen LogP contribution < -0.4 is 4.90 Å². The molecule has 23 heavy (non-hydrogen) atoms. The average molecular weight is 336 g/mol. The Morgan fingerprint density at radius 1 is 1.09 bits per heavy atom. The third kappa shape index (κ3) is 3.23. The van der Waals surface area contributed by atoms with E-state index in [2.05, 4.69) is 10.2 Å². The van der Waals surface area contributed by atoms with E-state index in [0.717, 1.165) is 12.0 Å². The molecule has 0 aliphatic carbocycles. The van der Waals surface area contributed by atoms with Crippen molar-refractivity contribution in [2.75, 3.05) is 31.1 Å². The number of aryl methyl sites for hydroxylation is 2. The number of nitrogens with zero attached hydrogens (tertiary/aromatic N) is 4. The van der Waals surface area contributed by atoms with Gasteiger partial charge >= 0.3 is 6.01 Å². The molecule has 0 spiro atoms. The standard InChI is InChI=1S/C15H20N4O3S/c1-3-13-4-6-14(7-5-13)23(20,21)19-10-8-18(9-11-19)15-17-16-12(2)22-15/h4-7H,3,8-11H2,1-2H3. The van der Waals surface area contributed by atoms with Crippen molar-refractivity contribution in [2.45, 2.75) is 25.2 Å². The van der Waals surface area contributed by atoms with E-state index in [4.69, 9.17) is 4.42 Å². The number of hydrogen-bond donors (Lipinski definition) is 0. The van der Waals surface area contributed by atoms with E-state index >= 15 is 0 Å². The minimum Gasteiger partial charge on any atom is -0.408 e. The van der Waals surface area contributed by atoms with Gasteiger partial charge in [0.15, 0.2) is 0 Å². The van der Waals surface area contributed by atoms with Crippen LogP contribution in [0.1, 0.15) is 18.4 Å². The molecular formula is C15H20N4O3S. The molecule has 2 heterocycles. The number of hydrogen-bond acceptors (Lipinski definition) is 6. The molecule has 1 aliphatic heterocycles. The summed E-state index contributed by atoms with van der Waals surface area (Å²) in [7, 11) is -3.45. The highest BCUT2D eigenvalue weighted by Crippen LogP contribution is 2.20. The zero-order valence-electron chi connectivity index (χ0n) is 13.3. The maximum Gasteiger partial charge on any atom is 0.318 e. The molecule has 1 aromatic heterocycles. The van der Waals surface area contributed by atoms with E-state index < -0.39 is 10.0 Å². The Morgan fingerprint density at radius 2 is 1.74 bits per heavy atom. The van der Waals surface area contributed by atoms with Gasteiger partial charge in [0.25, 0.3) is 0 Å². The molecule has 0 amide bonds. The Bertz CT molecular complexity index is 762. The molecule has 7 nitrogen and oxygen atoms in total. The Labute approximate surface area is 136 Å². The van der Waals surface area contributed by atoms with Crippen LogP contribution >= 0.6 is 0 Å². The fourth-order valence-electron chi connectivity index (χ4n) is 2.58. The lowest BCUT2D eigenvalue weighted by atomic mass is 10.2. The van der Waals surface area contributed by atoms with E-state index in [-0.39, 0.29) is 0 Å². The molecular weight excluding hydrogens is 316 g/mol. The summed E-state index contributed by atoms with van der Waals surface area (Å²) in [4.78, 5) is 2.25. The summed E-state index contributed by atoms with van der Waals surface area (Å²) in [6.07, 6.45) is 0.891. The first-order valence-corrected chi connectivity index (χ1v) is 9.09. The van der Waals surface area contributed by atoms with Crippen molar-refractivity contribution in [1.29, 1.82) is 0 Å². The molecule has 0 unspecified atom stereocenters. The molecule has 2 aromatic rings. The molecule has 0 radical (unpaired) electrons. The van der Waals surface area contributed by atoms with E-state index in [1.54, 1.807) is 19.1 Å². The lowest BCUT2D eigenvalue weighted by Crippen LogP contribution is -2.48. The molecule has 1 saturated heterocycles. The molecule has 1 fully saturated rings. The van der Waals surface area contributed by atoms with Crippen LogP contribution in [0.5, 0.6) is 0 Å². The van der Waals surface area contributed by atoms with Gasteiger partial charge in [-0.15, -0.1) is 5.10 Å². The van der Waals surface area contributed by atoms with Gasteiger partial charge in [-0.05, 0) is 24.1 Å². The first-order valence-electron chi connectivity index (χ1n) is 7.65. The third-order valence-electron chi connectivity index (χ3n) is 3.99. The molecule has 1 aliphatic rings. The molecule has 1 aromatic carbocycles. The fraction of sp³-hybridized carbons (Fsp3) is 0.467. The molecule has 124 valence electrons. The van der Waals surface area contributed by atoms with Crippen molar-refractivity contribution in [3.8, 4) is 0 Å². The summed E-state index contributed by atoms with van der Waals surface area (Å²) in [5.41, 5.74) is 1.13. The maximum atomic E-state index is 12.7. The van der Waals surface area contributed by atoms with Crippen molar-refractivity contribution in [3.05, 3.63) is 35.7 Å². The van der Waals surface area contributed by atoms with E-state index in [1.807, 2.05) is 24.0 Å². The molecule has 0 bridgehead atoms. The minimum atomic E-state index is -3.45. The Balaban J connectivity index is 1.70. The van der Waals surface area contributed by atoms with Crippen molar-refractivity contribution in [3.63, 3.8) is 0 Å². The lowest BCUT2D eigenvalue weighted by molar-refractivity contribution is 0.370. The molecule has 0 atom stereocenters. The van der Waals surface area contributed by atoms with Gasteiger partial charge in [0.1, 0.15) is 0 Å². The highest BCUT2D eigenvalue weighted by Gasteiger charge is 2.29. The van der Waals surface area contributed by atoms with Gasteiger partial charge in [0.2, 0.25) is 15.9 Å². The SMILES string of the molecule is CCc1ccc(S(=O)(=O)N2CCN(c3nnc(C)o3)CC2)cc1. The smallest absolute Gasteiger partial charge is 0.318 e. The highest BCUT2D eigenvalue weighted by molar-refractivity contribution is 7.89. The van der Waals surface area contributed by atoms with Gasteiger partial charge in [-0.1, -0.05) is 24.2 Å². The summed E-state index contributed by atoms with van der Waals surface area (Å²) in [5, 5.41) is 7.78. The monoisotopic (exact) mass is 336 g/mol. The average Bonchev–Trinajstić information content (AvgIpc) is 3.01. The van der Waals surface area contributed by atoms with Gasteiger partial charge in [-0.2, -0.15) is 4.31 Å². The van der Waals surface area contributed by atoms with Crippen LogP contribution in [0.15, 0.2) is 33.6 Å². The van der Waals surface area contributed by atoms with Crippen molar-refractivity contribution >= 4 is 16.0 Å². The van der Waals surface area contributed by atoms with Crippen molar-refractivity contribution in [1.82, 2.24) is 14.5 Å². The van der Waals surface area contributed by atoms with Gasteiger partial charge in [0.05, 0.1) is 4.90 Å². The van der Waals surface area contributed by atoms with Crippen LogP contribution in [0.4, 0.5) is 6.01 Å². The van der Waals surface area contributed by atoms with Crippen LogP contribution in [0, 0.1) is 6.92 Å². The second-order valence-corrected chi connectivity index (χ2v) is 7.43. The largest absolute Gasteiger partial charge is 0.408 e. The number of sulfonamides is 1. The zero-order chi connectivity index (χ0) is 16.4. The first-order chi connectivity index (χ1) is 11.0. The van der Waals surface area contributed by atoms with Crippen LogP contribution in [-0.4, -0.2) is 49.1 Å². The predicted octanol–water partition coefficient (Wildman–Crippen LogP) is 1.45. The normalized spacial score (nSPS) is 16.7. The Hall–Kier alpha value is -1.93. The second kappa shape index (κ2) is 6.29. The second-order valence-electron chi connectivity index (χ2n) is 5.49. The number of benzene rings is 1. The Kier molecular flexibility index (Phi) is 4.36. The topological polar surface area (TPSA) is 79.5 Å². The number of piperazine rings is 1. The van der Waals surface area contributed by atoms with Gasteiger partial charge < -0.3 is 9.32 Å². The van der Waals surface area contributed by atoms with Crippen molar-refractivity contribution in [2.24, 2.45) is 0 Å². The third-order valence-corrected chi connectivity index (χ3v) is 5.91. The molecule has 0 N–H and O–H groups in total. The molecule has 8 heteroatoms. The van der Waals surface area contributed by atoms with Crippen LogP contribution in [0.25, 0.3) is 0 Å². The maximum absolute atomic E-state index is 12.7. The van der Waals surface area contributed by atoms with E-state index in [1.165, 1.54) is 4.31 Å². The quantitative estimate of drug-likeness (QED) is 0.841. The van der Waals surface area contributed by atoms with E-state index in [0.29, 0.717) is 43.0 Å². The van der Waals surface area contributed by atoms with Crippen molar-refractivity contribution < 1.29 is 12.8 Å². The summed E-state index contributed by atoms with van der Waals surface area (Å²) >= 11 is 0. The number of aromatic nitrogens is 2. The minimum absolute atomic E-state index is 0.344. The van der Waals surface area contributed by atoms with E-state index in [9.17, 15) is 8.42 Å². The van der Waals surface area contributed by atoms with Crippen LogP contribution in [-0.2, 0) is 16.4 Å². The summed E-state index contributed by atoms with van der Waals surface area (Å²) in [5.74, 6) is 0.506. The predicted molar refractivity (Wildman–Crippen MR) is 85.8 cm³/mol. The summed E-state index contributed by atoms with van der Waals surface area (Å²) < 4.78 is 32.3. The highest BCUT2D eigenvalue weighted by atomic mass is 32.2. The number of rotatable bonds is 4. The molecule has 3 rings (SSSR count). The molecule has 0 saturated carbocycles. The zero-order valence-corrected chi connectivity index (χ0v) is 14.1. The summed E-state index contributed by atoms with van der Waals surface area (Å²) in [6.45, 7) is 5.65. The number of anilines is 1.